The van der Waals surface area contributed by atoms with Crippen molar-refractivity contribution in [2.24, 2.45) is 0 Å². The van der Waals surface area contributed by atoms with Gasteiger partial charge in [-0.15, -0.1) is 0 Å². The van der Waals surface area contributed by atoms with Gasteiger partial charge in [0.2, 0.25) is 0 Å². The van der Waals surface area contributed by atoms with Gasteiger partial charge in [0.25, 0.3) is 0 Å². The molecule has 0 heterocycles. The molecular formula is C11H17NO2. The first-order valence-corrected chi connectivity index (χ1v) is 4.68. The minimum atomic E-state index is 0.0668. The Labute approximate surface area is 84.6 Å². The minimum Gasteiger partial charge on any atom is -0.508 e. The zero-order valence-corrected chi connectivity index (χ0v) is 8.64. The number of hydrogen-bond acceptors (Lipinski definition) is 3. The Hall–Kier alpha value is -1.06. The molecule has 0 amide bonds. The van der Waals surface area contributed by atoms with Crippen LogP contribution in [0.3, 0.4) is 0 Å². The van der Waals surface area contributed by atoms with E-state index in [4.69, 9.17) is 0 Å². The van der Waals surface area contributed by atoms with Gasteiger partial charge in [0, 0.05) is 12.5 Å². The van der Waals surface area contributed by atoms with Crippen LogP contribution in [0.15, 0.2) is 24.3 Å². The molecule has 0 aliphatic carbocycles. The van der Waals surface area contributed by atoms with Gasteiger partial charge in [-0.1, -0.05) is 12.1 Å². The zero-order chi connectivity index (χ0) is 10.6. The molecule has 78 valence electrons. The fraction of sp³-hybridized carbons (Fsp3) is 0.455. The average molecular weight is 195 g/mol. The second kappa shape index (κ2) is 4.98. The summed E-state index contributed by atoms with van der Waals surface area (Å²) in [5, 5.41) is 18.5. The van der Waals surface area contributed by atoms with E-state index in [1.165, 1.54) is 0 Å². The fourth-order valence-corrected chi connectivity index (χ4v) is 1.49. The Morgan fingerprint density at radius 1 is 1.36 bits per heavy atom. The highest BCUT2D eigenvalue weighted by Gasteiger charge is 2.11. The Kier molecular flexibility index (Phi) is 3.92. The lowest BCUT2D eigenvalue weighted by Crippen LogP contribution is -2.22. The molecule has 1 rings (SSSR count). The van der Waals surface area contributed by atoms with Crippen molar-refractivity contribution >= 4 is 0 Å². The van der Waals surface area contributed by atoms with Crippen LogP contribution in [0.2, 0.25) is 0 Å². The molecule has 1 aromatic carbocycles. The lowest BCUT2D eigenvalue weighted by molar-refractivity contribution is 0.234. The number of hydrogen-bond donors (Lipinski definition) is 2. The molecule has 14 heavy (non-hydrogen) atoms. The molecule has 0 radical (unpaired) electrons. The van der Waals surface area contributed by atoms with Crippen molar-refractivity contribution in [3.8, 4) is 5.75 Å². The van der Waals surface area contributed by atoms with Crippen molar-refractivity contribution in [2.75, 3.05) is 27.2 Å². The largest absolute Gasteiger partial charge is 0.508 e. The number of aromatic hydroxyl groups is 1. The summed E-state index contributed by atoms with van der Waals surface area (Å²) in [4.78, 5) is 2.02. The number of benzene rings is 1. The van der Waals surface area contributed by atoms with Crippen molar-refractivity contribution in [1.29, 1.82) is 0 Å². The third kappa shape index (κ3) is 3.01. The molecule has 1 aromatic rings. The van der Waals surface area contributed by atoms with E-state index in [-0.39, 0.29) is 18.3 Å². The third-order valence-corrected chi connectivity index (χ3v) is 2.15. The van der Waals surface area contributed by atoms with E-state index in [2.05, 4.69) is 0 Å². The van der Waals surface area contributed by atoms with Gasteiger partial charge in [0.1, 0.15) is 5.75 Å². The summed E-state index contributed by atoms with van der Waals surface area (Å²) in [6.07, 6.45) is 0. The first-order valence-electron chi connectivity index (χ1n) is 4.68. The van der Waals surface area contributed by atoms with E-state index in [0.717, 1.165) is 12.1 Å². The number of aliphatic hydroxyl groups excluding tert-OH is 1. The molecule has 3 heteroatoms. The summed E-state index contributed by atoms with van der Waals surface area (Å²) >= 11 is 0. The summed E-state index contributed by atoms with van der Waals surface area (Å²) in [7, 11) is 3.93. The smallest absolute Gasteiger partial charge is 0.115 e. The van der Waals surface area contributed by atoms with Crippen LogP contribution in [0.25, 0.3) is 0 Å². The van der Waals surface area contributed by atoms with Gasteiger partial charge in [0.15, 0.2) is 0 Å². The molecule has 2 N–H and O–H groups in total. The molecule has 1 atom stereocenters. The van der Waals surface area contributed by atoms with Crippen LogP contribution in [-0.4, -0.2) is 42.4 Å². The average Bonchev–Trinajstić information content (AvgIpc) is 2.14. The second-order valence-electron chi connectivity index (χ2n) is 3.74. The number of nitrogens with zero attached hydrogens (tertiary/aromatic N) is 1. The Balaban J connectivity index is 2.78. The minimum absolute atomic E-state index is 0.0668. The van der Waals surface area contributed by atoms with E-state index in [1.54, 1.807) is 18.2 Å². The first kappa shape index (κ1) is 11.0. The van der Waals surface area contributed by atoms with E-state index in [1.807, 2.05) is 25.1 Å². The molecule has 0 spiro atoms. The number of phenols is 1. The Bertz CT molecular complexity index is 286. The monoisotopic (exact) mass is 195 g/mol. The highest BCUT2D eigenvalue weighted by atomic mass is 16.3. The quantitative estimate of drug-likeness (QED) is 0.754. The summed E-state index contributed by atoms with van der Waals surface area (Å²) < 4.78 is 0. The van der Waals surface area contributed by atoms with Crippen molar-refractivity contribution in [3.05, 3.63) is 29.8 Å². The topological polar surface area (TPSA) is 43.7 Å². The molecule has 1 unspecified atom stereocenters. The molecule has 0 saturated heterocycles. The fourth-order valence-electron chi connectivity index (χ4n) is 1.49. The van der Waals surface area contributed by atoms with Crippen LogP contribution >= 0.6 is 0 Å². The molecule has 0 aliphatic rings. The number of aliphatic hydroxyl groups is 1. The van der Waals surface area contributed by atoms with E-state index in [9.17, 15) is 10.2 Å². The lowest BCUT2D eigenvalue weighted by atomic mass is 9.99. The van der Waals surface area contributed by atoms with Gasteiger partial charge in [-0.2, -0.15) is 0 Å². The molecule has 0 bridgehead atoms. The Morgan fingerprint density at radius 2 is 2.07 bits per heavy atom. The van der Waals surface area contributed by atoms with Crippen LogP contribution in [0.5, 0.6) is 5.75 Å². The molecule has 0 aromatic heterocycles. The zero-order valence-electron chi connectivity index (χ0n) is 8.64. The van der Waals surface area contributed by atoms with Crippen molar-refractivity contribution < 1.29 is 10.2 Å². The van der Waals surface area contributed by atoms with Crippen LogP contribution in [0.1, 0.15) is 11.5 Å². The van der Waals surface area contributed by atoms with Gasteiger partial charge < -0.3 is 15.1 Å². The molecule has 0 fully saturated rings. The SMILES string of the molecule is CN(C)CC(CO)c1cccc(O)c1. The van der Waals surface area contributed by atoms with E-state index < -0.39 is 0 Å². The van der Waals surface area contributed by atoms with Crippen LogP contribution in [0, 0.1) is 0 Å². The van der Waals surface area contributed by atoms with E-state index in [0.29, 0.717) is 0 Å². The third-order valence-electron chi connectivity index (χ3n) is 2.15. The van der Waals surface area contributed by atoms with Gasteiger partial charge in [0.05, 0.1) is 6.61 Å². The Morgan fingerprint density at radius 3 is 2.57 bits per heavy atom. The van der Waals surface area contributed by atoms with Crippen LogP contribution in [-0.2, 0) is 0 Å². The maximum Gasteiger partial charge on any atom is 0.115 e. The van der Waals surface area contributed by atoms with Gasteiger partial charge >= 0.3 is 0 Å². The van der Waals surface area contributed by atoms with Gasteiger partial charge in [-0.25, -0.2) is 0 Å². The second-order valence-corrected chi connectivity index (χ2v) is 3.74. The van der Waals surface area contributed by atoms with Crippen LogP contribution in [0.4, 0.5) is 0 Å². The standard InChI is InChI=1S/C11H17NO2/c1-12(2)7-10(8-13)9-4-3-5-11(14)6-9/h3-6,10,13-14H,7-8H2,1-2H3. The maximum atomic E-state index is 9.30. The van der Waals surface area contributed by atoms with Crippen LogP contribution < -0.4 is 0 Å². The molecule has 0 aliphatic heterocycles. The normalized spacial score (nSPS) is 13.1. The number of likely N-dealkylation sites (N-methyl/N-ethyl adjacent to an activating group) is 1. The predicted octanol–water partition coefficient (Wildman–Crippen LogP) is 1.03. The molecule has 0 saturated carbocycles. The molecule has 3 nitrogen and oxygen atoms in total. The maximum absolute atomic E-state index is 9.30. The highest BCUT2D eigenvalue weighted by Crippen LogP contribution is 2.20. The number of rotatable bonds is 4. The summed E-state index contributed by atoms with van der Waals surface area (Å²) in [6.45, 7) is 0.877. The molecular weight excluding hydrogens is 178 g/mol. The summed E-state index contributed by atoms with van der Waals surface area (Å²) in [6, 6.07) is 7.05. The van der Waals surface area contributed by atoms with Crippen molar-refractivity contribution in [1.82, 2.24) is 4.90 Å². The van der Waals surface area contributed by atoms with Gasteiger partial charge in [-0.05, 0) is 31.8 Å². The predicted molar refractivity (Wildman–Crippen MR) is 56.5 cm³/mol. The number of phenolic OH excluding ortho intramolecular Hbond substituents is 1. The summed E-state index contributed by atoms with van der Waals surface area (Å²) in [5.74, 6) is 0.316. The summed E-state index contributed by atoms with van der Waals surface area (Å²) in [5.41, 5.74) is 0.973. The lowest BCUT2D eigenvalue weighted by Gasteiger charge is -2.19. The van der Waals surface area contributed by atoms with Gasteiger partial charge in [-0.3, -0.25) is 0 Å². The van der Waals surface area contributed by atoms with Crippen molar-refractivity contribution in [2.45, 2.75) is 5.92 Å². The highest BCUT2D eigenvalue weighted by molar-refractivity contribution is 5.29. The van der Waals surface area contributed by atoms with E-state index >= 15 is 0 Å². The first-order chi connectivity index (χ1) is 6.63. The van der Waals surface area contributed by atoms with Crippen molar-refractivity contribution in [3.63, 3.8) is 0 Å².